The van der Waals surface area contributed by atoms with Gasteiger partial charge in [-0.3, -0.25) is 19.4 Å². The number of amides is 2. The van der Waals surface area contributed by atoms with Gasteiger partial charge in [0.05, 0.1) is 36.9 Å². The summed E-state index contributed by atoms with van der Waals surface area (Å²) in [6, 6.07) is 6.16. The number of H-pyrrole nitrogens is 1. The summed E-state index contributed by atoms with van der Waals surface area (Å²) >= 11 is 0. The molecule has 32 heavy (non-hydrogen) atoms. The van der Waals surface area contributed by atoms with Crippen LogP contribution < -0.4 is 21.1 Å². The molecule has 1 fully saturated rings. The summed E-state index contributed by atoms with van der Waals surface area (Å²) in [6.45, 7) is 4.10. The first-order valence-corrected chi connectivity index (χ1v) is 10.3. The molecule has 3 heterocycles. The van der Waals surface area contributed by atoms with Crippen molar-refractivity contribution in [3.8, 4) is 0 Å². The van der Waals surface area contributed by atoms with E-state index in [9.17, 15) is 19.2 Å². The van der Waals surface area contributed by atoms with Gasteiger partial charge >= 0.3 is 5.97 Å². The normalized spacial score (nSPS) is 17.8. The summed E-state index contributed by atoms with van der Waals surface area (Å²) < 4.78 is 10.2. The summed E-state index contributed by atoms with van der Waals surface area (Å²) in [5.74, 6) is -1.97. The number of esters is 1. The van der Waals surface area contributed by atoms with Crippen LogP contribution in [-0.4, -0.2) is 60.7 Å². The lowest BCUT2D eigenvalue weighted by Crippen LogP contribution is -2.41. The number of hydrogen-bond donors (Lipinski definition) is 3. The van der Waals surface area contributed by atoms with Crippen molar-refractivity contribution in [1.82, 2.24) is 9.97 Å². The lowest BCUT2D eigenvalue weighted by molar-refractivity contribution is -0.123. The van der Waals surface area contributed by atoms with E-state index in [1.54, 1.807) is 19.1 Å². The van der Waals surface area contributed by atoms with E-state index in [0.29, 0.717) is 43.5 Å². The van der Waals surface area contributed by atoms with Crippen LogP contribution in [0.4, 0.5) is 17.5 Å². The SMILES string of the molecule is CCOC(=O)c1ccc(NC(=O)[C@@H]2CC(=O)Nc3nc(N4CCOCC4)[nH]c(=O)c32)cc1. The molecule has 0 saturated carbocycles. The molecule has 11 heteroatoms. The molecule has 1 saturated heterocycles. The number of nitrogens with one attached hydrogen (secondary N) is 3. The maximum absolute atomic E-state index is 12.9. The van der Waals surface area contributed by atoms with E-state index in [-0.39, 0.29) is 24.4 Å². The second kappa shape index (κ2) is 9.18. The lowest BCUT2D eigenvalue weighted by atomic mass is 9.92. The van der Waals surface area contributed by atoms with Crippen LogP contribution in [0.1, 0.15) is 35.2 Å². The van der Waals surface area contributed by atoms with Gasteiger partial charge in [-0.1, -0.05) is 0 Å². The summed E-state index contributed by atoms with van der Waals surface area (Å²) in [4.78, 5) is 58.8. The number of nitrogens with zero attached hydrogens (tertiary/aromatic N) is 2. The van der Waals surface area contributed by atoms with Gasteiger partial charge in [0, 0.05) is 25.2 Å². The van der Waals surface area contributed by atoms with E-state index in [4.69, 9.17) is 9.47 Å². The number of hydrogen-bond acceptors (Lipinski definition) is 8. The van der Waals surface area contributed by atoms with Crippen molar-refractivity contribution in [1.29, 1.82) is 0 Å². The molecule has 0 bridgehead atoms. The van der Waals surface area contributed by atoms with Gasteiger partial charge in [-0.15, -0.1) is 0 Å². The molecule has 2 aliphatic rings. The van der Waals surface area contributed by atoms with Crippen LogP contribution in [0, 0.1) is 0 Å². The fraction of sp³-hybridized carbons (Fsp3) is 0.381. The highest BCUT2D eigenvalue weighted by Crippen LogP contribution is 2.30. The Bertz CT molecular complexity index is 1090. The van der Waals surface area contributed by atoms with Gasteiger partial charge in [0.15, 0.2) is 0 Å². The molecule has 11 nitrogen and oxygen atoms in total. The topological polar surface area (TPSA) is 143 Å². The van der Waals surface area contributed by atoms with Gasteiger partial charge in [-0.25, -0.2) is 4.79 Å². The van der Waals surface area contributed by atoms with E-state index in [1.165, 1.54) is 12.1 Å². The minimum absolute atomic E-state index is 0.0873. The van der Waals surface area contributed by atoms with Gasteiger partial charge < -0.3 is 25.0 Å². The van der Waals surface area contributed by atoms with Crippen molar-refractivity contribution in [2.45, 2.75) is 19.3 Å². The smallest absolute Gasteiger partial charge is 0.338 e. The third-order valence-corrected chi connectivity index (χ3v) is 5.23. The molecule has 1 aromatic carbocycles. The van der Waals surface area contributed by atoms with Crippen molar-refractivity contribution < 1.29 is 23.9 Å². The van der Waals surface area contributed by atoms with Crippen molar-refractivity contribution >= 4 is 35.2 Å². The number of benzene rings is 1. The Balaban J connectivity index is 1.55. The molecule has 2 aliphatic heterocycles. The average molecular weight is 441 g/mol. The summed E-state index contributed by atoms with van der Waals surface area (Å²) in [5, 5.41) is 5.30. The third kappa shape index (κ3) is 4.47. The zero-order valence-corrected chi connectivity index (χ0v) is 17.5. The first-order chi connectivity index (χ1) is 15.5. The third-order valence-electron chi connectivity index (χ3n) is 5.23. The highest BCUT2D eigenvalue weighted by Gasteiger charge is 2.35. The molecule has 0 unspecified atom stereocenters. The molecule has 1 aromatic heterocycles. The van der Waals surface area contributed by atoms with Crippen molar-refractivity contribution in [3.05, 3.63) is 45.7 Å². The van der Waals surface area contributed by atoms with Gasteiger partial charge in [-0.05, 0) is 31.2 Å². The second-order valence-electron chi connectivity index (χ2n) is 7.34. The molecular weight excluding hydrogens is 418 g/mol. The molecule has 3 N–H and O–H groups in total. The van der Waals surface area contributed by atoms with Crippen LogP contribution in [0.15, 0.2) is 29.1 Å². The molecule has 4 rings (SSSR count). The maximum atomic E-state index is 12.9. The van der Waals surface area contributed by atoms with E-state index in [2.05, 4.69) is 20.6 Å². The van der Waals surface area contributed by atoms with Crippen molar-refractivity contribution in [3.63, 3.8) is 0 Å². The number of anilines is 3. The second-order valence-corrected chi connectivity index (χ2v) is 7.34. The highest BCUT2D eigenvalue weighted by atomic mass is 16.5. The van der Waals surface area contributed by atoms with Crippen LogP contribution in [0.5, 0.6) is 0 Å². The van der Waals surface area contributed by atoms with Gasteiger partial charge in [0.2, 0.25) is 17.8 Å². The molecule has 0 spiro atoms. The largest absolute Gasteiger partial charge is 0.462 e. The Kier molecular flexibility index (Phi) is 6.17. The predicted octanol–water partition coefficient (Wildman–Crippen LogP) is 0.848. The molecule has 2 amide bonds. The minimum Gasteiger partial charge on any atom is -0.462 e. The van der Waals surface area contributed by atoms with Gasteiger partial charge in [0.1, 0.15) is 5.82 Å². The van der Waals surface area contributed by atoms with E-state index >= 15 is 0 Å². The Morgan fingerprint density at radius 1 is 1.22 bits per heavy atom. The van der Waals surface area contributed by atoms with Crippen molar-refractivity contribution in [2.24, 2.45) is 0 Å². The molecule has 2 aromatic rings. The summed E-state index contributed by atoms with van der Waals surface area (Å²) in [5.41, 5.74) is 0.407. The fourth-order valence-corrected chi connectivity index (χ4v) is 3.64. The van der Waals surface area contributed by atoms with E-state index in [0.717, 1.165) is 0 Å². The monoisotopic (exact) mass is 441 g/mol. The van der Waals surface area contributed by atoms with Crippen LogP contribution in [0.2, 0.25) is 0 Å². The zero-order chi connectivity index (χ0) is 22.7. The zero-order valence-electron chi connectivity index (χ0n) is 17.5. The molecule has 168 valence electrons. The first-order valence-electron chi connectivity index (χ1n) is 10.3. The number of morpholine rings is 1. The molecule has 0 radical (unpaired) electrons. The average Bonchev–Trinajstić information content (AvgIpc) is 2.79. The molecule has 1 atom stereocenters. The number of ether oxygens (including phenoxy) is 2. The van der Waals surface area contributed by atoms with E-state index < -0.39 is 29.3 Å². The van der Waals surface area contributed by atoms with Crippen LogP contribution >= 0.6 is 0 Å². The number of carbonyl (C=O) groups is 3. The van der Waals surface area contributed by atoms with Crippen LogP contribution in [-0.2, 0) is 19.1 Å². The highest BCUT2D eigenvalue weighted by molar-refractivity contribution is 6.04. The van der Waals surface area contributed by atoms with E-state index in [1.807, 2.05) is 4.90 Å². The Hall–Kier alpha value is -3.73. The maximum Gasteiger partial charge on any atom is 0.338 e. The Morgan fingerprint density at radius 2 is 1.94 bits per heavy atom. The number of fused-ring (bicyclic) bond motifs is 1. The standard InChI is InChI=1S/C21H23N5O6/c1-2-32-20(30)12-3-5-13(6-4-12)22-18(28)14-11-15(27)23-17-16(14)19(29)25-21(24-17)26-7-9-31-10-8-26/h3-6,14H,2,7-11H2,1H3,(H,22,28)(H2,23,24,25,27,29)/t14-/m1/s1. The first kappa shape index (κ1) is 21.5. The minimum atomic E-state index is -1.00. The number of rotatable bonds is 5. The number of aromatic amines is 1. The summed E-state index contributed by atoms with van der Waals surface area (Å²) in [6.07, 6.45) is -0.179. The summed E-state index contributed by atoms with van der Waals surface area (Å²) in [7, 11) is 0. The Labute approximate surface area is 183 Å². The number of carbonyl (C=O) groups excluding carboxylic acids is 3. The quantitative estimate of drug-likeness (QED) is 0.580. The van der Waals surface area contributed by atoms with Gasteiger partial charge in [0.25, 0.3) is 5.56 Å². The van der Waals surface area contributed by atoms with Crippen LogP contribution in [0.25, 0.3) is 0 Å². The lowest BCUT2D eigenvalue weighted by Gasteiger charge is -2.29. The fourth-order valence-electron chi connectivity index (χ4n) is 3.64. The van der Waals surface area contributed by atoms with Crippen LogP contribution in [0.3, 0.4) is 0 Å². The molecular formula is C21H23N5O6. The molecule has 0 aliphatic carbocycles. The number of aromatic nitrogens is 2. The van der Waals surface area contributed by atoms with Crippen molar-refractivity contribution in [2.75, 3.05) is 48.4 Å². The van der Waals surface area contributed by atoms with Gasteiger partial charge in [-0.2, -0.15) is 4.98 Å². The Morgan fingerprint density at radius 3 is 2.62 bits per heavy atom. The predicted molar refractivity (Wildman–Crippen MR) is 115 cm³/mol.